The lowest BCUT2D eigenvalue weighted by Crippen LogP contribution is -2.37. The quantitative estimate of drug-likeness (QED) is 0.723. The van der Waals surface area contributed by atoms with Crippen molar-refractivity contribution in [3.63, 3.8) is 0 Å². The van der Waals surface area contributed by atoms with Crippen LogP contribution in [0.15, 0.2) is 48.7 Å². The van der Waals surface area contributed by atoms with Crippen molar-refractivity contribution in [1.82, 2.24) is 4.98 Å². The number of anilines is 2. The van der Waals surface area contributed by atoms with Crippen LogP contribution in [0.3, 0.4) is 0 Å². The van der Waals surface area contributed by atoms with E-state index in [0.717, 1.165) is 16.5 Å². The van der Waals surface area contributed by atoms with E-state index in [1.165, 1.54) is 11.8 Å². The second-order valence-corrected chi connectivity index (χ2v) is 6.85. The first-order chi connectivity index (χ1) is 12.9. The number of hydrogen-bond donors (Lipinski definition) is 1. The second-order valence-electron chi connectivity index (χ2n) is 6.45. The number of hydrogen-bond acceptors (Lipinski definition) is 3. The van der Waals surface area contributed by atoms with Gasteiger partial charge in [0.05, 0.1) is 21.9 Å². The van der Waals surface area contributed by atoms with E-state index in [0.29, 0.717) is 21.9 Å². The molecule has 1 aromatic heterocycles. The molecule has 3 aromatic rings. The average molecular weight is 382 g/mol. The Hall–Kier alpha value is -2.92. The van der Waals surface area contributed by atoms with E-state index in [9.17, 15) is 9.59 Å². The fourth-order valence-electron chi connectivity index (χ4n) is 3.14. The van der Waals surface area contributed by atoms with Gasteiger partial charge in [0.25, 0.3) is 0 Å². The molecule has 138 valence electrons. The first kappa shape index (κ1) is 18.9. The SMILES string of the molecule is CC(=O)N(CC(=O)Nc1cccc2cccnc12)c1c(C)cc(C)cc1Cl. The number of rotatable bonds is 4. The number of nitrogens with one attached hydrogen (secondary N) is 1. The lowest BCUT2D eigenvalue weighted by Gasteiger charge is -2.24. The Morgan fingerprint density at radius 1 is 1.15 bits per heavy atom. The van der Waals surface area contributed by atoms with Crippen LogP contribution in [-0.2, 0) is 9.59 Å². The van der Waals surface area contributed by atoms with Crippen molar-refractivity contribution in [2.75, 3.05) is 16.8 Å². The molecule has 27 heavy (non-hydrogen) atoms. The fourth-order valence-corrected chi connectivity index (χ4v) is 3.56. The zero-order valence-electron chi connectivity index (χ0n) is 15.4. The maximum atomic E-state index is 12.7. The first-order valence-electron chi connectivity index (χ1n) is 8.55. The topological polar surface area (TPSA) is 62.3 Å². The van der Waals surface area contributed by atoms with Crippen LogP contribution in [0, 0.1) is 13.8 Å². The van der Waals surface area contributed by atoms with Crippen molar-refractivity contribution >= 4 is 45.7 Å². The van der Waals surface area contributed by atoms with Gasteiger partial charge in [0.2, 0.25) is 11.8 Å². The van der Waals surface area contributed by atoms with Crippen LogP contribution >= 0.6 is 11.6 Å². The highest BCUT2D eigenvalue weighted by atomic mass is 35.5. The molecule has 0 aliphatic rings. The lowest BCUT2D eigenvalue weighted by molar-refractivity contribution is -0.120. The van der Waals surface area contributed by atoms with Gasteiger partial charge in [-0.3, -0.25) is 14.6 Å². The molecule has 0 unspecified atom stereocenters. The second kappa shape index (κ2) is 7.76. The van der Waals surface area contributed by atoms with Crippen molar-refractivity contribution < 1.29 is 9.59 Å². The Morgan fingerprint density at radius 3 is 2.59 bits per heavy atom. The number of pyridine rings is 1. The number of aryl methyl sites for hydroxylation is 2. The molecular formula is C21H20ClN3O2. The summed E-state index contributed by atoms with van der Waals surface area (Å²) in [6.07, 6.45) is 1.68. The molecule has 2 amide bonds. The molecule has 2 aromatic carbocycles. The summed E-state index contributed by atoms with van der Waals surface area (Å²) in [4.78, 5) is 30.6. The molecule has 3 rings (SSSR count). The number of fused-ring (bicyclic) bond motifs is 1. The summed E-state index contributed by atoms with van der Waals surface area (Å²) in [5.74, 6) is -0.575. The summed E-state index contributed by atoms with van der Waals surface area (Å²) >= 11 is 6.36. The lowest BCUT2D eigenvalue weighted by atomic mass is 10.1. The Morgan fingerprint density at radius 2 is 1.89 bits per heavy atom. The highest BCUT2D eigenvalue weighted by Gasteiger charge is 2.21. The zero-order valence-corrected chi connectivity index (χ0v) is 16.2. The molecule has 0 spiro atoms. The minimum Gasteiger partial charge on any atom is -0.323 e. The predicted molar refractivity (Wildman–Crippen MR) is 109 cm³/mol. The molecule has 0 radical (unpaired) electrons. The molecule has 0 aliphatic heterocycles. The molecule has 5 nitrogen and oxygen atoms in total. The molecule has 1 N–H and O–H groups in total. The van der Waals surface area contributed by atoms with Crippen LogP contribution in [0.25, 0.3) is 10.9 Å². The summed E-state index contributed by atoms with van der Waals surface area (Å²) in [5.41, 5.74) is 3.70. The average Bonchev–Trinajstić information content (AvgIpc) is 2.60. The van der Waals surface area contributed by atoms with Gasteiger partial charge in [0.1, 0.15) is 6.54 Å². The van der Waals surface area contributed by atoms with Gasteiger partial charge in [0.15, 0.2) is 0 Å². The van der Waals surface area contributed by atoms with E-state index in [-0.39, 0.29) is 18.4 Å². The third kappa shape index (κ3) is 4.09. The fraction of sp³-hybridized carbons (Fsp3) is 0.190. The maximum absolute atomic E-state index is 12.7. The largest absolute Gasteiger partial charge is 0.323 e. The molecule has 0 aliphatic carbocycles. The normalized spacial score (nSPS) is 10.7. The molecular weight excluding hydrogens is 362 g/mol. The Labute approximate surface area is 163 Å². The minimum atomic E-state index is -0.320. The number of halogens is 1. The van der Waals surface area contributed by atoms with E-state index in [2.05, 4.69) is 10.3 Å². The van der Waals surface area contributed by atoms with Crippen LogP contribution in [0.5, 0.6) is 0 Å². The number of nitrogens with zero attached hydrogens (tertiary/aromatic N) is 2. The van der Waals surface area contributed by atoms with Crippen LogP contribution in [-0.4, -0.2) is 23.3 Å². The smallest absolute Gasteiger partial charge is 0.244 e. The number of benzene rings is 2. The van der Waals surface area contributed by atoms with Crippen LogP contribution < -0.4 is 10.2 Å². The Kier molecular flexibility index (Phi) is 5.42. The molecule has 0 fully saturated rings. The van der Waals surface area contributed by atoms with Crippen molar-refractivity contribution in [3.8, 4) is 0 Å². The monoisotopic (exact) mass is 381 g/mol. The third-order valence-electron chi connectivity index (χ3n) is 4.26. The number of para-hydroxylation sites is 1. The van der Waals surface area contributed by atoms with E-state index in [1.54, 1.807) is 18.3 Å². The van der Waals surface area contributed by atoms with Gasteiger partial charge in [-0.2, -0.15) is 0 Å². The minimum absolute atomic E-state index is 0.137. The van der Waals surface area contributed by atoms with Crippen molar-refractivity contribution in [3.05, 3.63) is 64.8 Å². The third-order valence-corrected chi connectivity index (χ3v) is 4.54. The number of aromatic nitrogens is 1. The zero-order chi connectivity index (χ0) is 19.6. The van der Waals surface area contributed by atoms with Crippen LogP contribution in [0.2, 0.25) is 5.02 Å². The highest BCUT2D eigenvalue weighted by Crippen LogP contribution is 2.31. The van der Waals surface area contributed by atoms with E-state index < -0.39 is 0 Å². The van der Waals surface area contributed by atoms with Crippen LogP contribution in [0.1, 0.15) is 18.1 Å². The Balaban J connectivity index is 1.87. The van der Waals surface area contributed by atoms with Crippen molar-refractivity contribution in [2.45, 2.75) is 20.8 Å². The van der Waals surface area contributed by atoms with Gasteiger partial charge < -0.3 is 10.2 Å². The molecule has 0 saturated heterocycles. The number of carbonyl (C=O) groups is 2. The number of carbonyl (C=O) groups excluding carboxylic acids is 2. The summed E-state index contributed by atoms with van der Waals surface area (Å²) < 4.78 is 0. The van der Waals surface area contributed by atoms with Crippen molar-refractivity contribution in [1.29, 1.82) is 0 Å². The molecule has 1 heterocycles. The van der Waals surface area contributed by atoms with Crippen LogP contribution in [0.4, 0.5) is 11.4 Å². The van der Waals surface area contributed by atoms with Gasteiger partial charge in [-0.05, 0) is 43.2 Å². The van der Waals surface area contributed by atoms with Crippen molar-refractivity contribution in [2.24, 2.45) is 0 Å². The first-order valence-corrected chi connectivity index (χ1v) is 8.93. The summed E-state index contributed by atoms with van der Waals surface area (Å²) in [6, 6.07) is 13.0. The highest BCUT2D eigenvalue weighted by molar-refractivity contribution is 6.34. The molecule has 0 bridgehead atoms. The Bertz CT molecular complexity index is 1000. The van der Waals surface area contributed by atoms with Gasteiger partial charge in [-0.25, -0.2) is 0 Å². The van der Waals surface area contributed by atoms with E-state index in [1.807, 2.05) is 44.2 Å². The van der Waals surface area contributed by atoms with E-state index in [4.69, 9.17) is 11.6 Å². The summed E-state index contributed by atoms with van der Waals surface area (Å²) in [7, 11) is 0. The van der Waals surface area contributed by atoms with E-state index >= 15 is 0 Å². The van der Waals surface area contributed by atoms with Gasteiger partial charge in [-0.15, -0.1) is 0 Å². The van der Waals surface area contributed by atoms with Gasteiger partial charge in [0, 0.05) is 18.5 Å². The van der Waals surface area contributed by atoms with Gasteiger partial charge in [-0.1, -0.05) is 35.9 Å². The predicted octanol–water partition coefficient (Wildman–Crippen LogP) is 4.50. The summed E-state index contributed by atoms with van der Waals surface area (Å²) in [5, 5.41) is 4.23. The maximum Gasteiger partial charge on any atom is 0.244 e. The van der Waals surface area contributed by atoms with Gasteiger partial charge >= 0.3 is 0 Å². The number of amides is 2. The summed E-state index contributed by atoms with van der Waals surface area (Å²) in [6.45, 7) is 5.09. The molecule has 0 atom stereocenters. The molecule has 6 heteroatoms. The standard InChI is InChI=1S/C21H20ClN3O2/c1-13-10-14(2)21(17(22)11-13)25(15(3)26)12-19(27)24-18-8-4-6-16-7-5-9-23-20(16)18/h4-11H,12H2,1-3H3,(H,24,27). The molecule has 0 saturated carbocycles.